The van der Waals surface area contributed by atoms with Crippen molar-refractivity contribution >= 4 is 11.7 Å². The molecule has 2 aromatic rings. The Balaban J connectivity index is 2.42. The van der Waals surface area contributed by atoms with E-state index in [4.69, 9.17) is 5.73 Å². The molecule has 0 unspecified atom stereocenters. The van der Waals surface area contributed by atoms with Crippen LogP contribution in [0.1, 0.15) is 28.0 Å². The molecule has 4 heteroatoms. The van der Waals surface area contributed by atoms with Gasteiger partial charge in [0.25, 0.3) is 0 Å². The predicted molar refractivity (Wildman–Crippen MR) is 77.3 cm³/mol. The van der Waals surface area contributed by atoms with Crippen LogP contribution in [0.15, 0.2) is 36.5 Å². The smallest absolute Gasteiger partial charge is 0.225 e. The zero-order valence-corrected chi connectivity index (χ0v) is 11.5. The van der Waals surface area contributed by atoms with Gasteiger partial charge in [-0.05, 0) is 42.7 Å². The van der Waals surface area contributed by atoms with Gasteiger partial charge in [0.2, 0.25) is 5.91 Å². The van der Waals surface area contributed by atoms with Crippen LogP contribution in [0.3, 0.4) is 0 Å². The molecule has 1 aromatic carbocycles. The molecule has 0 atom stereocenters. The normalized spacial score (nSPS) is 10.3. The second-order valence-corrected chi connectivity index (χ2v) is 4.72. The standard InChI is InChI=1S/C16H16N2O2/c1-10-11(2)18-7-6-14(10)12-4-3-5-13(8-12)15(19)9-16(17)20/h3-8H,9H2,1-2H3,(H2,17,20). The van der Waals surface area contributed by atoms with E-state index in [-0.39, 0.29) is 12.2 Å². The molecule has 0 bridgehead atoms. The molecule has 20 heavy (non-hydrogen) atoms. The van der Waals surface area contributed by atoms with Gasteiger partial charge >= 0.3 is 0 Å². The molecule has 1 heterocycles. The number of aromatic nitrogens is 1. The summed E-state index contributed by atoms with van der Waals surface area (Å²) in [6, 6.07) is 9.13. The molecular formula is C16H16N2O2. The Bertz CT molecular complexity index is 678. The van der Waals surface area contributed by atoms with E-state index in [2.05, 4.69) is 4.98 Å². The van der Waals surface area contributed by atoms with Crippen molar-refractivity contribution in [2.75, 3.05) is 0 Å². The second kappa shape index (κ2) is 5.65. The number of rotatable bonds is 4. The zero-order chi connectivity index (χ0) is 14.7. The maximum absolute atomic E-state index is 11.9. The third-order valence-corrected chi connectivity index (χ3v) is 3.29. The van der Waals surface area contributed by atoms with Crippen LogP contribution in [0.2, 0.25) is 0 Å². The number of nitrogens with zero attached hydrogens (tertiary/aromatic N) is 1. The monoisotopic (exact) mass is 268 g/mol. The molecular weight excluding hydrogens is 252 g/mol. The van der Waals surface area contributed by atoms with E-state index in [0.29, 0.717) is 5.56 Å². The molecule has 0 aliphatic carbocycles. The van der Waals surface area contributed by atoms with Crippen LogP contribution in [0.25, 0.3) is 11.1 Å². The van der Waals surface area contributed by atoms with Gasteiger partial charge < -0.3 is 5.73 Å². The van der Waals surface area contributed by atoms with Gasteiger partial charge in [-0.15, -0.1) is 0 Å². The van der Waals surface area contributed by atoms with Gasteiger partial charge in [-0.2, -0.15) is 0 Å². The first-order valence-electron chi connectivity index (χ1n) is 6.33. The summed E-state index contributed by atoms with van der Waals surface area (Å²) in [7, 11) is 0. The first kappa shape index (κ1) is 13.9. The van der Waals surface area contributed by atoms with Crippen molar-refractivity contribution in [1.82, 2.24) is 4.98 Å². The average Bonchev–Trinajstić information content (AvgIpc) is 2.41. The van der Waals surface area contributed by atoms with Crippen LogP contribution in [0, 0.1) is 13.8 Å². The van der Waals surface area contributed by atoms with Gasteiger partial charge in [0.05, 0.1) is 6.42 Å². The lowest BCUT2D eigenvalue weighted by Crippen LogP contribution is -2.16. The Hall–Kier alpha value is -2.49. The maximum atomic E-state index is 11.9. The summed E-state index contributed by atoms with van der Waals surface area (Å²) in [5, 5.41) is 0. The molecule has 0 fully saturated rings. The molecule has 4 nitrogen and oxygen atoms in total. The minimum Gasteiger partial charge on any atom is -0.369 e. The van der Waals surface area contributed by atoms with Crippen LogP contribution < -0.4 is 5.73 Å². The average molecular weight is 268 g/mol. The lowest BCUT2D eigenvalue weighted by molar-refractivity contribution is -0.117. The number of hydrogen-bond donors (Lipinski definition) is 1. The van der Waals surface area contributed by atoms with Gasteiger partial charge in [-0.25, -0.2) is 0 Å². The minimum absolute atomic E-state index is 0.261. The lowest BCUT2D eigenvalue weighted by Gasteiger charge is -2.09. The topological polar surface area (TPSA) is 73.1 Å². The van der Waals surface area contributed by atoms with E-state index >= 15 is 0 Å². The van der Waals surface area contributed by atoms with Crippen molar-refractivity contribution in [1.29, 1.82) is 0 Å². The summed E-state index contributed by atoms with van der Waals surface area (Å²) in [5.74, 6) is -0.876. The molecule has 0 saturated carbocycles. The fourth-order valence-corrected chi connectivity index (χ4v) is 2.07. The van der Waals surface area contributed by atoms with Crippen LogP contribution >= 0.6 is 0 Å². The third-order valence-electron chi connectivity index (χ3n) is 3.29. The number of nitrogens with two attached hydrogens (primary N) is 1. The molecule has 1 amide bonds. The largest absolute Gasteiger partial charge is 0.369 e. The summed E-state index contributed by atoms with van der Waals surface area (Å²) < 4.78 is 0. The Morgan fingerprint density at radius 3 is 2.65 bits per heavy atom. The van der Waals surface area contributed by atoms with E-state index < -0.39 is 5.91 Å². The van der Waals surface area contributed by atoms with Crippen molar-refractivity contribution in [2.24, 2.45) is 5.73 Å². The molecule has 2 rings (SSSR count). The molecule has 0 aliphatic rings. The molecule has 1 aromatic heterocycles. The number of primary amides is 1. The van der Waals surface area contributed by atoms with Crippen molar-refractivity contribution in [3.8, 4) is 11.1 Å². The number of pyridine rings is 1. The highest BCUT2D eigenvalue weighted by molar-refractivity contribution is 6.07. The number of carbonyl (C=O) groups excluding carboxylic acids is 2. The number of benzene rings is 1. The van der Waals surface area contributed by atoms with Crippen LogP contribution in [0.4, 0.5) is 0 Å². The van der Waals surface area contributed by atoms with Gasteiger partial charge in [0.1, 0.15) is 0 Å². The number of amides is 1. The van der Waals surface area contributed by atoms with Crippen molar-refractivity contribution < 1.29 is 9.59 Å². The summed E-state index contributed by atoms with van der Waals surface area (Å²) >= 11 is 0. The van der Waals surface area contributed by atoms with E-state index in [9.17, 15) is 9.59 Å². The highest BCUT2D eigenvalue weighted by Crippen LogP contribution is 2.25. The van der Waals surface area contributed by atoms with Crippen LogP contribution in [-0.2, 0) is 4.79 Å². The first-order valence-corrected chi connectivity index (χ1v) is 6.33. The Labute approximate surface area is 117 Å². The van der Waals surface area contributed by atoms with E-state index in [0.717, 1.165) is 22.4 Å². The number of Topliss-reactive ketones (excluding diaryl/α,β-unsaturated/α-hetero) is 1. The number of carbonyl (C=O) groups is 2. The Morgan fingerprint density at radius 2 is 1.95 bits per heavy atom. The minimum atomic E-state index is -0.615. The van der Waals surface area contributed by atoms with Crippen molar-refractivity contribution in [3.63, 3.8) is 0 Å². The molecule has 102 valence electrons. The highest BCUT2D eigenvalue weighted by Gasteiger charge is 2.11. The summed E-state index contributed by atoms with van der Waals surface area (Å²) in [5.41, 5.74) is 9.55. The lowest BCUT2D eigenvalue weighted by atomic mass is 9.97. The van der Waals surface area contributed by atoms with Gasteiger partial charge in [-0.3, -0.25) is 14.6 Å². The number of hydrogen-bond acceptors (Lipinski definition) is 3. The summed E-state index contributed by atoms with van der Waals surface area (Å²) in [4.78, 5) is 26.9. The van der Waals surface area contributed by atoms with Crippen LogP contribution in [-0.4, -0.2) is 16.7 Å². The van der Waals surface area contributed by atoms with E-state index in [1.807, 2.05) is 26.0 Å². The van der Waals surface area contributed by atoms with E-state index in [1.54, 1.807) is 24.4 Å². The molecule has 0 saturated heterocycles. The number of aryl methyl sites for hydroxylation is 1. The van der Waals surface area contributed by atoms with Crippen molar-refractivity contribution in [3.05, 3.63) is 53.3 Å². The quantitative estimate of drug-likeness (QED) is 0.683. The third kappa shape index (κ3) is 2.91. The van der Waals surface area contributed by atoms with E-state index in [1.165, 1.54) is 0 Å². The maximum Gasteiger partial charge on any atom is 0.225 e. The fourth-order valence-electron chi connectivity index (χ4n) is 2.07. The summed E-state index contributed by atoms with van der Waals surface area (Å²) in [6.07, 6.45) is 1.48. The molecule has 0 spiro atoms. The molecule has 0 radical (unpaired) electrons. The number of ketones is 1. The highest BCUT2D eigenvalue weighted by atomic mass is 16.2. The van der Waals surface area contributed by atoms with Gasteiger partial charge in [0.15, 0.2) is 5.78 Å². The van der Waals surface area contributed by atoms with Crippen molar-refractivity contribution in [2.45, 2.75) is 20.3 Å². The van der Waals surface area contributed by atoms with Crippen LogP contribution in [0.5, 0.6) is 0 Å². The molecule has 0 aliphatic heterocycles. The summed E-state index contributed by atoms with van der Waals surface area (Å²) in [6.45, 7) is 3.94. The SMILES string of the molecule is Cc1nccc(-c2cccc(C(=O)CC(N)=O)c2)c1C. The second-order valence-electron chi connectivity index (χ2n) is 4.72. The predicted octanol–water partition coefficient (Wildman–Crippen LogP) is 2.42. The van der Waals surface area contributed by atoms with Gasteiger partial charge in [0, 0.05) is 17.5 Å². The zero-order valence-electron chi connectivity index (χ0n) is 11.5. The Morgan fingerprint density at radius 1 is 1.20 bits per heavy atom. The van der Waals surface area contributed by atoms with Gasteiger partial charge in [-0.1, -0.05) is 18.2 Å². The first-order chi connectivity index (χ1) is 9.49. The fraction of sp³-hybridized carbons (Fsp3) is 0.188. The Kier molecular flexibility index (Phi) is 3.94. The molecule has 2 N–H and O–H groups in total.